The average Bonchev–Trinajstić information content (AvgIpc) is 3.07. The number of carbonyl (C=O) groups is 1. The Hall–Kier alpha value is -1.47. The Morgan fingerprint density at radius 1 is 1.33 bits per heavy atom. The molecular formula is C17H25N3O3S. The molecule has 1 amide bonds. The van der Waals surface area contributed by atoms with Crippen LogP contribution in [0, 0.1) is 5.92 Å². The van der Waals surface area contributed by atoms with Crippen molar-refractivity contribution in [2.75, 3.05) is 20.1 Å². The van der Waals surface area contributed by atoms with Gasteiger partial charge in [0.1, 0.15) is 5.25 Å². The standard InChI is InChI=1S/C17H25N3O3S/c1-13(15-8-5-9-18-10-15)19(2)24(22,23)16-11-20(12-16)17(21)14-6-3-4-7-14/h5,8-10,13-14,16H,3-4,6-7,11-12H2,1-2H3/t13-/m1/s1. The number of carbonyl (C=O) groups excluding carboxylic acids is 1. The fourth-order valence-electron chi connectivity index (χ4n) is 3.53. The number of sulfonamides is 1. The summed E-state index contributed by atoms with van der Waals surface area (Å²) in [5.41, 5.74) is 0.863. The lowest BCUT2D eigenvalue weighted by atomic mass is 10.0. The smallest absolute Gasteiger partial charge is 0.225 e. The molecule has 2 fully saturated rings. The summed E-state index contributed by atoms with van der Waals surface area (Å²) in [5.74, 6) is 0.252. The van der Waals surface area contributed by atoms with Crippen LogP contribution >= 0.6 is 0 Å². The van der Waals surface area contributed by atoms with Crippen molar-refractivity contribution in [1.29, 1.82) is 0 Å². The zero-order valence-electron chi connectivity index (χ0n) is 14.3. The summed E-state index contributed by atoms with van der Waals surface area (Å²) in [6, 6.07) is 3.40. The Balaban J connectivity index is 1.61. The first-order valence-electron chi connectivity index (χ1n) is 8.57. The Morgan fingerprint density at radius 2 is 2.00 bits per heavy atom. The summed E-state index contributed by atoms with van der Waals surface area (Å²) in [6.07, 6.45) is 7.47. The molecule has 0 unspecified atom stereocenters. The Bertz CT molecular complexity index is 680. The van der Waals surface area contributed by atoms with Crippen molar-refractivity contribution < 1.29 is 13.2 Å². The topological polar surface area (TPSA) is 70.6 Å². The first-order valence-corrected chi connectivity index (χ1v) is 10.1. The normalized spacial score (nSPS) is 21.0. The molecule has 1 saturated carbocycles. The highest BCUT2D eigenvalue weighted by Crippen LogP contribution is 2.31. The third-order valence-corrected chi connectivity index (χ3v) is 7.66. The van der Waals surface area contributed by atoms with Gasteiger partial charge in [-0.05, 0) is 31.4 Å². The van der Waals surface area contributed by atoms with E-state index in [-0.39, 0.29) is 17.9 Å². The summed E-state index contributed by atoms with van der Waals surface area (Å²) in [7, 11) is -1.82. The fraction of sp³-hybridized carbons (Fsp3) is 0.647. The molecule has 0 radical (unpaired) electrons. The molecule has 3 rings (SSSR count). The fourth-order valence-corrected chi connectivity index (χ4v) is 5.30. The predicted octanol–water partition coefficient (Wildman–Crippen LogP) is 1.81. The van der Waals surface area contributed by atoms with Gasteiger partial charge in [-0.25, -0.2) is 8.42 Å². The lowest BCUT2D eigenvalue weighted by Gasteiger charge is -2.42. The highest BCUT2D eigenvalue weighted by molar-refractivity contribution is 7.89. The van der Waals surface area contributed by atoms with E-state index in [4.69, 9.17) is 0 Å². The van der Waals surface area contributed by atoms with Crippen LogP contribution in [0.5, 0.6) is 0 Å². The van der Waals surface area contributed by atoms with Gasteiger partial charge in [-0.15, -0.1) is 0 Å². The molecule has 1 saturated heterocycles. The summed E-state index contributed by atoms with van der Waals surface area (Å²) >= 11 is 0. The molecule has 1 aromatic rings. The van der Waals surface area contributed by atoms with Crippen molar-refractivity contribution >= 4 is 15.9 Å². The molecule has 2 heterocycles. The SMILES string of the molecule is C[C@H](c1cccnc1)N(C)S(=O)(=O)C1CN(C(=O)C2CCCC2)C1. The van der Waals surface area contributed by atoms with Gasteiger partial charge in [0.15, 0.2) is 0 Å². The number of amides is 1. The lowest BCUT2D eigenvalue weighted by molar-refractivity contribution is -0.138. The number of aromatic nitrogens is 1. The van der Waals surface area contributed by atoms with E-state index in [0.717, 1.165) is 31.2 Å². The van der Waals surface area contributed by atoms with Crippen LogP contribution in [0.15, 0.2) is 24.5 Å². The Labute approximate surface area is 143 Å². The van der Waals surface area contributed by atoms with E-state index >= 15 is 0 Å². The van der Waals surface area contributed by atoms with Crippen LogP contribution in [-0.2, 0) is 14.8 Å². The summed E-state index contributed by atoms with van der Waals surface area (Å²) in [5, 5.41) is -0.494. The third kappa shape index (κ3) is 3.19. The van der Waals surface area contributed by atoms with Gasteiger partial charge in [-0.1, -0.05) is 18.9 Å². The second kappa shape index (κ2) is 6.80. The van der Waals surface area contributed by atoms with Gasteiger partial charge in [-0.2, -0.15) is 4.31 Å². The van der Waals surface area contributed by atoms with Crippen molar-refractivity contribution in [3.63, 3.8) is 0 Å². The monoisotopic (exact) mass is 351 g/mol. The van der Waals surface area contributed by atoms with E-state index in [9.17, 15) is 13.2 Å². The van der Waals surface area contributed by atoms with Gasteiger partial charge in [0.2, 0.25) is 15.9 Å². The predicted molar refractivity (Wildman–Crippen MR) is 91.7 cm³/mol. The van der Waals surface area contributed by atoms with Crippen LogP contribution in [0.1, 0.15) is 44.2 Å². The van der Waals surface area contributed by atoms with E-state index < -0.39 is 15.3 Å². The van der Waals surface area contributed by atoms with Crippen LogP contribution < -0.4 is 0 Å². The molecule has 132 valence electrons. The summed E-state index contributed by atoms with van der Waals surface area (Å²) in [4.78, 5) is 18.1. The maximum absolute atomic E-state index is 12.8. The van der Waals surface area contributed by atoms with Gasteiger partial charge in [0.05, 0.1) is 0 Å². The zero-order chi connectivity index (χ0) is 17.3. The van der Waals surface area contributed by atoms with Gasteiger partial charge in [0.25, 0.3) is 0 Å². The van der Waals surface area contributed by atoms with Gasteiger partial charge >= 0.3 is 0 Å². The molecule has 0 bridgehead atoms. The molecule has 1 aromatic heterocycles. The highest BCUT2D eigenvalue weighted by Gasteiger charge is 2.44. The molecule has 2 aliphatic rings. The highest BCUT2D eigenvalue weighted by atomic mass is 32.2. The minimum atomic E-state index is -3.43. The van der Waals surface area contributed by atoms with Gasteiger partial charge in [0, 0.05) is 44.5 Å². The first-order chi connectivity index (χ1) is 11.4. The van der Waals surface area contributed by atoms with Crippen molar-refractivity contribution in [3.8, 4) is 0 Å². The number of nitrogens with zero attached hydrogens (tertiary/aromatic N) is 3. The van der Waals surface area contributed by atoms with E-state index in [1.54, 1.807) is 30.4 Å². The number of rotatable bonds is 5. The largest absolute Gasteiger partial charge is 0.340 e. The second-order valence-electron chi connectivity index (χ2n) is 6.87. The van der Waals surface area contributed by atoms with E-state index in [0.29, 0.717) is 13.1 Å². The molecule has 0 N–H and O–H groups in total. The van der Waals surface area contributed by atoms with E-state index in [2.05, 4.69) is 4.98 Å². The number of likely N-dealkylation sites (tertiary alicyclic amines) is 1. The Morgan fingerprint density at radius 3 is 2.58 bits per heavy atom. The van der Waals surface area contributed by atoms with Crippen molar-refractivity contribution in [3.05, 3.63) is 30.1 Å². The minimum absolute atomic E-state index is 0.112. The zero-order valence-corrected chi connectivity index (χ0v) is 15.1. The number of pyridine rings is 1. The first kappa shape index (κ1) is 17.4. The maximum Gasteiger partial charge on any atom is 0.225 e. The lowest BCUT2D eigenvalue weighted by Crippen LogP contribution is -2.60. The van der Waals surface area contributed by atoms with Crippen LogP contribution in [0.25, 0.3) is 0 Å². The van der Waals surface area contributed by atoms with E-state index in [1.165, 1.54) is 4.31 Å². The minimum Gasteiger partial charge on any atom is -0.340 e. The van der Waals surface area contributed by atoms with Gasteiger partial charge < -0.3 is 4.90 Å². The molecule has 1 atom stereocenters. The molecule has 7 heteroatoms. The molecule has 1 aliphatic carbocycles. The van der Waals surface area contributed by atoms with Gasteiger partial charge in [-0.3, -0.25) is 9.78 Å². The molecular weight excluding hydrogens is 326 g/mol. The van der Waals surface area contributed by atoms with Crippen molar-refractivity contribution in [2.24, 2.45) is 5.92 Å². The maximum atomic E-state index is 12.8. The second-order valence-corrected chi connectivity index (χ2v) is 9.14. The van der Waals surface area contributed by atoms with Crippen LogP contribution in [0.2, 0.25) is 0 Å². The van der Waals surface area contributed by atoms with Crippen molar-refractivity contribution in [2.45, 2.75) is 43.9 Å². The quantitative estimate of drug-likeness (QED) is 0.811. The van der Waals surface area contributed by atoms with Crippen LogP contribution in [0.3, 0.4) is 0 Å². The summed E-state index contributed by atoms with van der Waals surface area (Å²) < 4.78 is 27.0. The third-order valence-electron chi connectivity index (χ3n) is 5.40. The number of hydrogen-bond acceptors (Lipinski definition) is 4. The molecule has 0 aromatic carbocycles. The Kier molecular flexibility index (Phi) is 4.92. The summed E-state index contributed by atoms with van der Waals surface area (Å²) in [6.45, 7) is 2.50. The molecule has 1 aliphatic heterocycles. The van der Waals surface area contributed by atoms with E-state index in [1.807, 2.05) is 13.0 Å². The molecule has 24 heavy (non-hydrogen) atoms. The molecule has 6 nitrogen and oxygen atoms in total. The van der Waals surface area contributed by atoms with Crippen LogP contribution in [-0.4, -0.2) is 53.9 Å². The van der Waals surface area contributed by atoms with Crippen LogP contribution in [0.4, 0.5) is 0 Å². The number of hydrogen-bond donors (Lipinski definition) is 0. The molecule has 0 spiro atoms. The van der Waals surface area contributed by atoms with Crippen molar-refractivity contribution in [1.82, 2.24) is 14.2 Å². The average molecular weight is 351 g/mol.